The zero-order chi connectivity index (χ0) is 26.1. The molecular formula is C24H31FN6O5. The van der Waals surface area contributed by atoms with Crippen molar-refractivity contribution >= 4 is 23.5 Å². The summed E-state index contributed by atoms with van der Waals surface area (Å²) in [5, 5.41) is 29.9. The Morgan fingerprint density at radius 2 is 1.92 bits per heavy atom. The second-order valence-electron chi connectivity index (χ2n) is 8.96. The Kier molecular flexibility index (Phi) is 9.25. The van der Waals surface area contributed by atoms with E-state index in [1.807, 2.05) is 4.90 Å². The molecule has 2 heterocycles. The number of anilines is 1. The molecule has 0 radical (unpaired) electrons. The summed E-state index contributed by atoms with van der Waals surface area (Å²) in [5.41, 5.74) is 6.27. The van der Waals surface area contributed by atoms with Crippen LogP contribution in [0.4, 0.5) is 10.3 Å². The number of nitrogens with one attached hydrogen (secondary N) is 1. The van der Waals surface area contributed by atoms with E-state index in [9.17, 15) is 15.0 Å². The molecule has 1 aromatic carbocycles. The highest BCUT2D eigenvalue weighted by molar-refractivity contribution is 5.94. The van der Waals surface area contributed by atoms with Gasteiger partial charge < -0.3 is 30.4 Å². The number of nitrogens with zero attached hydrogens (tertiary/aromatic N) is 4. The SMILES string of the molecule is CC(CO)(CO)CON=C1CCN(c2ncc(-c3cccc(COC(=O)CC(=N)N)c3F)cn2)CC1. The maximum Gasteiger partial charge on any atom is 0.313 e. The lowest BCUT2D eigenvalue weighted by Gasteiger charge is -2.28. The van der Waals surface area contributed by atoms with Gasteiger partial charge in [-0.15, -0.1) is 0 Å². The number of carbonyl (C=O) groups excluding carboxylic acids is 1. The summed E-state index contributed by atoms with van der Waals surface area (Å²) in [6.45, 7) is 2.44. The molecule has 36 heavy (non-hydrogen) atoms. The number of nitrogens with two attached hydrogens (primary N) is 1. The van der Waals surface area contributed by atoms with Gasteiger partial charge in [0.05, 0.1) is 24.3 Å². The molecule has 0 amide bonds. The van der Waals surface area contributed by atoms with Crippen LogP contribution in [0.15, 0.2) is 35.7 Å². The van der Waals surface area contributed by atoms with Crippen LogP contribution in [-0.4, -0.2) is 70.6 Å². The van der Waals surface area contributed by atoms with Gasteiger partial charge in [0, 0.05) is 55.0 Å². The van der Waals surface area contributed by atoms with Gasteiger partial charge in [0.15, 0.2) is 0 Å². The summed E-state index contributed by atoms with van der Waals surface area (Å²) in [6.07, 6.45) is 4.05. The number of hydrogen-bond donors (Lipinski definition) is 4. The number of oxime groups is 1. The molecule has 194 valence electrons. The zero-order valence-electron chi connectivity index (χ0n) is 20.1. The Balaban J connectivity index is 1.58. The fourth-order valence-electron chi connectivity index (χ4n) is 3.38. The fraction of sp³-hybridized carbons (Fsp3) is 0.458. The predicted octanol–water partition coefficient (Wildman–Crippen LogP) is 1.62. The molecule has 2 aromatic rings. The van der Waals surface area contributed by atoms with Gasteiger partial charge in [-0.05, 0) is 0 Å². The number of aliphatic hydroxyl groups excluding tert-OH is 2. The van der Waals surface area contributed by atoms with Crippen molar-refractivity contribution in [3.8, 4) is 11.1 Å². The third-order valence-corrected chi connectivity index (χ3v) is 5.74. The van der Waals surface area contributed by atoms with Crippen LogP contribution in [0.1, 0.15) is 31.7 Å². The number of aliphatic hydroxyl groups is 2. The molecule has 3 rings (SSSR count). The Hall–Kier alpha value is -3.64. The van der Waals surface area contributed by atoms with E-state index in [0.717, 1.165) is 5.71 Å². The van der Waals surface area contributed by atoms with Crippen LogP contribution in [0.25, 0.3) is 11.1 Å². The van der Waals surface area contributed by atoms with Crippen LogP contribution in [0.2, 0.25) is 0 Å². The first-order valence-corrected chi connectivity index (χ1v) is 11.5. The number of ether oxygens (including phenoxy) is 1. The first-order valence-electron chi connectivity index (χ1n) is 11.5. The number of carbonyl (C=O) groups is 1. The van der Waals surface area contributed by atoms with Crippen LogP contribution in [0.3, 0.4) is 0 Å². The number of amidine groups is 1. The van der Waals surface area contributed by atoms with E-state index >= 15 is 4.39 Å². The van der Waals surface area contributed by atoms with Gasteiger partial charge in [-0.25, -0.2) is 14.4 Å². The molecule has 1 saturated heterocycles. The van der Waals surface area contributed by atoms with Crippen molar-refractivity contribution in [1.29, 1.82) is 5.41 Å². The Morgan fingerprint density at radius 3 is 2.53 bits per heavy atom. The summed E-state index contributed by atoms with van der Waals surface area (Å²) in [6, 6.07) is 4.76. The molecule has 1 aromatic heterocycles. The van der Waals surface area contributed by atoms with Crippen molar-refractivity contribution in [2.24, 2.45) is 16.3 Å². The number of piperidine rings is 1. The molecule has 5 N–H and O–H groups in total. The average Bonchev–Trinajstić information content (AvgIpc) is 2.88. The highest BCUT2D eigenvalue weighted by Crippen LogP contribution is 2.26. The van der Waals surface area contributed by atoms with E-state index in [4.69, 9.17) is 20.7 Å². The van der Waals surface area contributed by atoms with Crippen LogP contribution < -0.4 is 10.6 Å². The van der Waals surface area contributed by atoms with Gasteiger partial charge in [-0.1, -0.05) is 30.3 Å². The largest absolute Gasteiger partial charge is 0.460 e. The lowest BCUT2D eigenvalue weighted by molar-refractivity contribution is -0.143. The van der Waals surface area contributed by atoms with Crippen molar-refractivity contribution in [3.63, 3.8) is 0 Å². The summed E-state index contributed by atoms with van der Waals surface area (Å²) >= 11 is 0. The van der Waals surface area contributed by atoms with Gasteiger partial charge in [-0.3, -0.25) is 10.2 Å². The molecule has 0 unspecified atom stereocenters. The molecule has 1 fully saturated rings. The molecule has 0 bridgehead atoms. The molecule has 0 aliphatic carbocycles. The molecule has 0 spiro atoms. The van der Waals surface area contributed by atoms with Gasteiger partial charge >= 0.3 is 5.97 Å². The number of hydrogen-bond acceptors (Lipinski definition) is 10. The minimum Gasteiger partial charge on any atom is -0.460 e. The van der Waals surface area contributed by atoms with Gasteiger partial charge in [0.25, 0.3) is 0 Å². The molecule has 12 heteroatoms. The van der Waals surface area contributed by atoms with Crippen LogP contribution >= 0.6 is 0 Å². The van der Waals surface area contributed by atoms with E-state index in [1.54, 1.807) is 31.5 Å². The maximum atomic E-state index is 15.0. The van der Waals surface area contributed by atoms with Gasteiger partial charge in [0.1, 0.15) is 31.3 Å². The van der Waals surface area contributed by atoms with Crippen molar-refractivity contribution in [2.75, 3.05) is 37.8 Å². The molecule has 0 atom stereocenters. The van der Waals surface area contributed by atoms with Crippen molar-refractivity contribution < 1.29 is 29.0 Å². The Bertz CT molecular complexity index is 1080. The molecule has 1 aliphatic heterocycles. The number of benzene rings is 1. The van der Waals surface area contributed by atoms with Gasteiger partial charge in [0.2, 0.25) is 5.95 Å². The smallest absolute Gasteiger partial charge is 0.313 e. The highest BCUT2D eigenvalue weighted by atomic mass is 19.1. The molecule has 0 saturated carbocycles. The fourth-order valence-corrected chi connectivity index (χ4v) is 3.38. The molecule has 1 aliphatic rings. The van der Waals surface area contributed by atoms with Crippen molar-refractivity contribution in [1.82, 2.24) is 9.97 Å². The topological polar surface area (TPSA) is 167 Å². The second-order valence-corrected chi connectivity index (χ2v) is 8.96. The lowest BCUT2D eigenvalue weighted by atomic mass is 9.95. The number of aromatic nitrogens is 2. The standard InChI is InChI=1S/C24H31FN6O5/c1-24(13-32,14-33)15-36-30-18-5-7-31(8-6-18)23-28-10-17(11-29-23)19-4-2-3-16(22(19)25)12-35-21(34)9-20(26)27/h2-4,10-11,32-33H,5-9,12-15H2,1H3,(H3,26,27). The second kappa shape index (κ2) is 12.4. The van der Waals surface area contributed by atoms with Crippen LogP contribution in [0, 0.1) is 16.6 Å². The highest BCUT2D eigenvalue weighted by Gasteiger charge is 2.24. The summed E-state index contributed by atoms with van der Waals surface area (Å²) < 4.78 is 20.0. The van der Waals surface area contributed by atoms with Crippen molar-refractivity contribution in [2.45, 2.75) is 32.8 Å². The lowest BCUT2D eigenvalue weighted by Crippen LogP contribution is -2.35. The monoisotopic (exact) mass is 502 g/mol. The Morgan fingerprint density at radius 1 is 1.25 bits per heavy atom. The molecule has 11 nitrogen and oxygen atoms in total. The first kappa shape index (κ1) is 27.0. The minimum atomic E-state index is -0.737. The number of rotatable bonds is 11. The van der Waals surface area contributed by atoms with E-state index in [-0.39, 0.29) is 49.8 Å². The molecular weight excluding hydrogens is 471 g/mol. The van der Waals surface area contributed by atoms with Gasteiger partial charge in [-0.2, -0.15) is 0 Å². The first-order chi connectivity index (χ1) is 17.2. The van der Waals surface area contributed by atoms with E-state index in [2.05, 4.69) is 15.1 Å². The summed E-state index contributed by atoms with van der Waals surface area (Å²) in [7, 11) is 0. The minimum absolute atomic E-state index is 0.121. The quantitative estimate of drug-likeness (QED) is 0.154. The third-order valence-electron chi connectivity index (χ3n) is 5.74. The maximum absolute atomic E-state index is 15.0. The summed E-state index contributed by atoms with van der Waals surface area (Å²) in [5.74, 6) is -1.04. The normalized spacial score (nSPS) is 13.9. The Labute approximate surface area is 208 Å². The zero-order valence-corrected chi connectivity index (χ0v) is 20.1. The van der Waals surface area contributed by atoms with Crippen LogP contribution in [0.5, 0.6) is 0 Å². The number of halogens is 1. The third kappa shape index (κ3) is 7.18. The van der Waals surface area contributed by atoms with E-state index < -0.39 is 17.2 Å². The van der Waals surface area contributed by atoms with Crippen LogP contribution in [-0.2, 0) is 21.0 Å². The summed E-state index contributed by atoms with van der Waals surface area (Å²) in [4.78, 5) is 27.7. The van der Waals surface area contributed by atoms with Crippen molar-refractivity contribution in [3.05, 3.63) is 42.0 Å². The van der Waals surface area contributed by atoms with E-state index in [0.29, 0.717) is 37.4 Å². The number of esters is 1. The average molecular weight is 503 g/mol. The predicted molar refractivity (Wildman–Crippen MR) is 131 cm³/mol. The van der Waals surface area contributed by atoms with E-state index in [1.165, 1.54) is 6.07 Å².